The van der Waals surface area contributed by atoms with E-state index in [0.717, 1.165) is 12.1 Å². The molecule has 124 valence electrons. The predicted octanol–water partition coefficient (Wildman–Crippen LogP) is 1.26. The van der Waals surface area contributed by atoms with Crippen molar-refractivity contribution in [3.8, 4) is 11.5 Å². The first kappa shape index (κ1) is 15.5. The molecule has 0 unspecified atom stereocenters. The molecule has 0 fully saturated rings. The van der Waals surface area contributed by atoms with Gasteiger partial charge in [0.2, 0.25) is 0 Å². The zero-order valence-corrected chi connectivity index (χ0v) is 12.3. The number of fused-ring (bicyclic) bond motifs is 1. The lowest BCUT2D eigenvalue weighted by Gasteiger charge is -2.08. The summed E-state index contributed by atoms with van der Waals surface area (Å²) in [5.74, 6) is -1.42. The monoisotopic (exact) mass is 333 g/mol. The van der Waals surface area contributed by atoms with Crippen LogP contribution in [0.25, 0.3) is 22.6 Å². The number of benzene rings is 1. The van der Waals surface area contributed by atoms with E-state index in [1.54, 1.807) is 6.08 Å². The summed E-state index contributed by atoms with van der Waals surface area (Å²) in [7, 11) is 0. The van der Waals surface area contributed by atoms with Crippen LogP contribution in [0.4, 0.5) is 14.6 Å². The fraction of sp³-hybridized carbons (Fsp3) is 0.0714. The lowest BCUT2D eigenvalue weighted by Crippen LogP contribution is -2.10. The SMILES string of the molecule is N/C=C\C=C(/N)Cn1c(-c2nonc2N)nc2cc(F)cc(F)c21. The number of nitrogens with zero attached hydrogens (tertiary/aromatic N) is 4. The molecule has 2 aromatic heterocycles. The van der Waals surface area contributed by atoms with Gasteiger partial charge in [-0.3, -0.25) is 0 Å². The standard InChI is InChI=1S/C14H13F2N7O/c15-7-4-9(16)12-10(5-7)20-14(11-13(19)22-24-21-11)23(12)6-8(18)2-1-3-17/h1-5H,6,17-18H2,(H2,19,22)/b3-1-,8-2-. The van der Waals surface area contributed by atoms with Crippen molar-refractivity contribution >= 4 is 16.9 Å². The molecule has 0 aliphatic carbocycles. The molecule has 24 heavy (non-hydrogen) atoms. The molecule has 10 heteroatoms. The minimum Gasteiger partial charge on any atom is -0.405 e. The highest BCUT2D eigenvalue weighted by Gasteiger charge is 2.22. The molecule has 0 bridgehead atoms. The fourth-order valence-electron chi connectivity index (χ4n) is 2.28. The second kappa shape index (κ2) is 5.99. The van der Waals surface area contributed by atoms with E-state index in [-0.39, 0.29) is 34.9 Å². The summed E-state index contributed by atoms with van der Waals surface area (Å²) in [5, 5.41) is 7.13. The molecule has 3 rings (SSSR count). The second-order valence-electron chi connectivity index (χ2n) is 4.90. The van der Waals surface area contributed by atoms with Crippen LogP contribution >= 0.6 is 0 Å². The largest absolute Gasteiger partial charge is 0.405 e. The highest BCUT2D eigenvalue weighted by atomic mass is 19.1. The molecule has 0 atom stereocenters. The number of nitrogen functional groups attached to an aromatic ring is 1. The number of rotatable bonds is 4. The lowest BCUT2D eigenvalue weighted by atomic mass is 10.3. The maximum Gasteiger partial charge on any atom is 0.199 e. The molecule has 0 aliphatic rings. The smallest absolute Gasteiger partial charge is 0.199 e. The van der Waals surface area contributed by atoms with Crippen molar-refractivity contribution in [3.05, 3.63) is 47.8 Å². The Morgan fingerprint density at radius 1 is 1.29 bits per heavy atom. The molecule has 6 N–H and O–H groups in total. The topological polar surface area (TPSA) is 135 Å². The number of hydrogen-bond acceptors (Lipinski definition) is 7. The quantitative estimate of drug-likeness (QED) is 0.612. The van der Waals surface area contributed by atoms with Gasteiger partial charge in [0.05, 0.1) is 12.1 Å². The molecule has 8 nitrogen and oxygen atoms in total. The summed E-state index contributed by atoms with van der Waals surface area (Å²) >= 11 is 0. The van der Waals surface area contributed by atoms with Crippen LogP contribution in [0.3, 0.4) is 0 Å². The second-order valence-corrected chi connectivity index (χ2v) is 4.90. The maximum atomic E-state index is 14.3. The highest BCUT2D eigenvalue weighted by Crippen LogP contribution is 2.29. The number of allylic oxidation sites excluding steroid dienone is 3. The number of aromatic nitrogens is 4. The van der Waals surface area contributed by atoms with Crippen LogP contribution in [0.15, 0.2) is 40.8 Å². The highest BCUT2D eigenvalue weighted by molar-refractivity contribution is 5.82. The third kappa shape index (κ3) is 2.64. The molecule has 0 saturated heterocycles. The van der Waals surface area contributed by atoms with Gasteiger partial charge in [0.1, 0.15) is 11.3 Å². The minimum absolute atomic E-state index is 0.0307. The molecule has 0 spiro atoms. The molecular formula is C14H13F2N7O. The van der Waals surface area contributed by atoms with Gasteiger partial charge in [0.25, 0.3) is 0 Å². The summed E-state index contributed by atoms with van der Waals surface area (Å²) < 4.78 is 33.7. The van der Waals surface area contributed by atoms with Crippen molar-refractivity contribution in [2.75, 3.05) is 5.73 Å². The lowest BCUT2D eigenvalue weighted by molar-refractivity contribution is 0.310. The van der Waals surface area contributed by atoms with Gasteiger partial charge in [-0.25, -0.2) is 18.4 Å². The van der Waals surface area contributed by atoms with Gasteiger partial charge in [0, 0.05) is 17.8 Å². The fourth-order valence-corrected chi connectivity index (χ4v) is 2.28. The number of anilines is 1. The van der Waals surface area contributed by atoms with Crippen molar-refractivity contribution in [2.45, 2.75) is 6.54 Å². The summed E-state index contributed by atoms with van der Waals surface area (Å²) in [4.78, 5) is 4.19. The minimum atomic E-state index is -0.791. The van der Waals surface area contributed by atoms with E-state index in [9.17, 15) is 8.78 Å². The van der Waals surface area contributed by atoms with Gasteiger partial charge in [-0.2, -0.15) is 0 Å². The third-order valence-corrected chi connectivity index (χ3v) is 3.25. The van der Waals surface area contributed by atoms with Gasteiger partial charge in [-0.15, -0.1) is 0 Å². The normalized spacial score (nSPS) is 12.5. The van der Waals surface area contributed by atoms with E-state index in [1.165, 1.54) is 16.8 Å². The van der Waals surface area contributed by atoms with Crippen molar-refractivity contribution in [1.82, 2.24) is 19.9 Å². The average Bonchev–Trinajstić information content (AvgIpc) is 3.08. The van der Waals surface area contributed by atoms with Crippen LogP contribution in [0.5, 0.6) is 0 Å². The zero-order chi connectivity index (χ0) is 17.3. The van der Waals surface area contributed by atoms with Gasteiger partial charge < -0.3 is 21.8 Å². The third-order valence-electron chi connectivity index (χ3n) is 3.25. The molecule has 2 heterocycles. The summed E-state index contributed by atoms with van der Waals surface area (Å²) in [6.45, 7) is 0.0467. The Balaban J connectivity index is 2.25. The molecule has 3 aromatic rings. The van der Waals surface area contributed by atoms with Crippen LogP contribution in [-0.4, -0.2) is 19.9 Å². The van der Waals surface area contributed by atoms with E-state index in [4.69, 9.17) is 17.2 Å². The Labute approximate surface area is 134 Å². The van der Waals surface area contributed by atoms with Crippen LogP contribution in [0, 0.1) is 11.6 Å². The van der Waals surface area contributed by atoms with Gasteiger partial charge in [-0.05, 0) is 28.7 Å². The Hall–Kier alpha value is -3.43. The Bertz CT molecular complexity index is 958. The van der Waals surface area contributed by atoms with Crippen molar-refractivity contribution in [2.24, 2.45) is 11.5 Å². The molecule has 1 aromatic carbocycles. The number of imidazole rings is 1. The van der Waals surface area contributed by atoms with Crippen molar-refractivity contribution < 1.29 is 13.4 Å². The first-order valence-electron chi connectivity index (χ1n) is 6.78. The van der Waals surface area contributed by atoms with Gasteiger partial charge >= 0.3 is 0 Å². The van der Waals surface area contributed by atoms with Crippen LogP contribution in [0.1, 0.15) is 0 Å². The van der Waals surface area contributed by atoms with Crippen molar-refractivity contribution in [3.63, 3.8) is 0 Å². The van der Waals surface area contributed by atoms with E-state index in [2.05, 4.69) is 19.9 Å². The Morgan fingerprint density at radius 3 is 2.75 bits per heavy atom. The first-order valence-corrected chi connectivity index (χ1v) is 6.78. The molecular weight excluding hydrogens is 320 g/mol. The number of nitrogens with two attached hydrogens (primary N) is 3. The van der Waals surface area contributed by atoms with E-state index in [1.807, 2.05) is 0 Å². The van der Waals surface area contributed by atoms with E-state index >= 15 is 0 Å². The van der Waals surface area contributed by atoms with Gasteiger partial charge in [0.15, 0.2) is 23.2 Å². The first-order chi connectivity index (χ1) is 11.5. The Kier molecular flexibility index (Phi) is 3.86. The molecule has 0 aliphatic heterocycles. The zero-order valence-electron chi connectivity index (χ0n) is 12.3. The molecule has 0 saturated carbocycles. The molecule has 0 radical (unpaired) electrons. The van der Waals surface area contributed by atoms with Gasteiger partial charge in [-0.1, -0.05) is 0 Å². The van der Waals surface area contributed by atoms with Crippen LogP contribution < -0.4 is 17.2 Å². The van der Waals surface area contributed by atoms with Crippen molar-refractivity contribution in [1.29, 1.82) is 0 Å². The average molecular weight is 333 g/mol. The summed E-state index contributed by atoms with van der Waals surface area (Å²) in [6.07, 6.45) is 4.37. The Morgan fingerprint density at radius 2 is 2.08 bits per heavy atom. The number of hydrogen-bond donors (Lipinski definition) is 3. The van der Waals surface area contributed by atoms with Crippen LogP contribution in [0.2, 0.25) is 0 Å². The van der Waals surface area contributed by atoms with E-state index < -0.39 is 11.6 Å². The summed E-state index contributed by atoms with van der Waals surface area (Å²) in [5.41, 5.74) is 17.5. The van der Waals surface area contributed by atoms with E-state index in [0.29, 0.717) is 5.70 Å². The molecule has 0 amide bonds. The maximum absolute atomic E-state index is 14.3. The predicted molar refractivity (Wildman–Crippen MR) is 83.0 cm³/mol. The van der Waals surface area contributed by atoms with Crippen LogP contribution in [-0.2, 0) is 6.54 Å². The summed E-state index contributed by atoms with van der Waals surface area (Å²) in [6, 6.07) is 1.86. The number of halogens is 2.